The van der Waals surface area contributed by atoms with Gasteiger partial charge in [-0.25, -0.2) is 0 Å². The molecule has 1 rings (SSSR count). The van der Waals surface area contributed by atoms with Crippen LogP contribution in [-0.2, 0) is 0 Å². The van der Waals surface area contributed by atoms with Gasteiger partial charge >= 0.3 is 0 Å². The molecule has 1 heterocycles. The molecule has 0 saturated carbocycles. The molecule has 1 radical (unpaired) electrons. The Labute approximate surface area is 50.1 Å². The number of hydrogen-bond donors (Lipinski definition) is 0. The molecule has 1 nitrogen and oxygen atoms in total. The van der Waals surface area contributed by atoms with Gasteiger partial charge in [0.05, 0.1) is 0 Å². The van der Waals surface area contributed by atoms with Gasteiger partial charge < -0.3 is 4.90 Å². The third kappa shape index (κ3) is 1.35. The van der Waals surface area contributed by atoms with Crippen molar-refractivity contribution in [3.63, 3.8) is 0 Å². The van der Waals surface area contributed by atoms with Crippen molar-refractivity contribution >= 4 is 12.6 Å². The highest BCUT2D eigenvalue weighted by Crippen LogP contribution is 2.03. The second kappa shape index (κ2) is 2.58. The molecule has 1 fully saturated rings. The molecule has 0 aromatic rings. The lowest BCUT2D eigenvalue weighted by molar-refractivity contribution is 0.194. The molecule has 0 spiro atoms. The Morgan fingerprint density at radius 2 is 2.14 bits per heavy atom. The smallest absolute Gasteiger partial charge is 0.0165 e. The van der Waals surface area contributed by atoms with E-state index < -0.39 is 0 Å². The summed E-state index contributed by atoms with van der Waals surface area (Å²) in [4.78, 5) is 2.38. The Morgan fingerprint density at radius 1 is 1.43 bits per heavy atom. The van der Waals surface area contributed by atoms with Crippen molar-refractivity contribution in [1.82, 2.24) is 4.90 Å². The van der Waals surface area contributed by atoms with E-state index in [1.807, 2.05) is 0 Å². The first-order chi connectivity index (χ1) is 3.43. The van der Waals surface area contributed by atoms with Gasteiger partial charge in [0.15, 0.2) is 0 Å². The van der Waals surface area contributed by atoms with Gasteiger partial charge in [-0.05, 0) is 19.5 Å². The summed E-state index contributed by atoms with van der Waals surface area (Å²) in [6.45, 7) is 3.71. The molecule has 0 aliphatic carbocycles. The average Bonchev–Trinajstić information content (AvgIpc) is 1.55. The summed E-state index contributed by atoms with van der Waals surface area (Å²) in [6, 6.07) is 0. The van der Waals surface area contributed by atoms with Crippen molar-refractivity contribution in [2.45, 2.75) is 6.42 Å². The van der Waals surface area contributed by atoms with Gasteiger partial charge in [0.25, 0.3) is 0 Å². The summed E-state index contributed by atoms with van der Waals surface area (Å²) < 4.78 is 0. The zero-order chi connectivity index (χ0) is 5.11. The highest BCUT2D eigenvalue weighted by Gasteiger charge is 2.10. The van der Waals surface area contributed by atoms with Crippen LogP contribution in [0.3, 0.4) is 0 Å². The van der Waals surface area contributed by atoms with Crippen LogP contribution < -0.4 is 0 Å². The van der Waals surface area contributed by atoms with Gasteiger partial charge in [0, 0.05) is 12.3 Å². The molecule has 0 aromatic heterocycles. The Bertz CT molecular complexity index is 52.0. The molecular formula is C5H10NS. The van der Waals surface area contributed by atoms with Crippen LogP contribution in [0.15, 0.2) is 0 Å². The first-order valence-electron chi connectivity index (χ1n) is 2.74. The fourth-order valence-corrected chi connectivity index (χ4v) is 0.993. The third-order valence-electron chi connectivity index (χ3n) is 1.36. The summed E-state index contributed by atoms with van der Waals surface area (Å²) >= 11 is 4.79. The molecule has 0 aromatic carbocycles. The molecule has 1 aliphatic heterocycles. The second-order valence-electron chi connectivity index (χ2n) is 1.90. The largest absolute Gasteiger partial charge is 0.302 e. The summed E-state index contributed by atoms with van der Waals surface area (Å²) in [6.07, 6.45) is 1.38. The van der Waals surface area contributed by atoms with Gasteiger partial charge in [0.2, 0.25) is 0 Å². The number of nitrogens with zero attached hydrogens (tertiary/aromatic N) is 1. The standard InChI is InChI=1S/C5H10NS/c7-5-4-6-2-1-3-6/h1-5H2. The summed E-state index contributed by atoms with van der Waals surface area (Å²) in [5.74, 6) is 0.903. The van der Waals surface area contributed by atoms with Crippen LogP contribution >= 0.6 is 12.6 Å². The predicted octanol–water partition coefficient (Wildman–Crippen LogP) is 0.890. The first kappa shape index (κ1) is 5.45. The molecule has 0 unspecified atom stereocenters. The molecule has 1 saturated heterocycles. The average molecular weight is 116 g/mol. The quantitative estimate of drug-likeness (QED) is 0.518. The fourth-order valence-electron chi connectivity index (χ4n) is 0.734. The van der Waals surface area contributed by atoms with Gasteiger partial charge in [-0.3, -0.25) is 0 Å². The second-order valence-corrected chi connectivity index (χ2v) is 2.31. The molecule has 41 valence electrons. The minimum absolute atomic E-state index is 0.903. The van der Waals surface area contributed by atoms with E-state index in [0.29, 0.717) is 0 Å². The fraction of sp³-hybridized carbons (Fsp3) is 1.00. The van der Waals surface area contributed by atoms with E-state index in [9.17, 15) is 0 Å². The Hall–Kier alpha value is 0.310. The lowest BCUT2D eigenvalue weighted by Crippen LogP contribution is -2.38. The van der Waals surface area contributed by atoms with Crippen molar-refractivity contribution in [2.24, 2.45) is 0 Å². The van der Waals surface area contributed by atoms with Crippen LogP contribution in [0.5, 0.6) is 0 Å². The van der Waals surface area contributed by atoms with Crippen molar-refractivity contribution in [3.8, 4) is 0 Å². The minimum atomic E-state index is 0.903. The van der Waals surface area contributed by atoms with E-state index >= 15 is 0 Å². The van der Waals surface area contributed by atoms with Crippen molar-refractivity contribution in [2.75, 3.05) is 25.4 Å². The maximum atomic E-state index is 4.79. The van der Waals surface area contributed by atoms with Crippen molar-refractivity contribution < 1.29 is 0 Å². The maximum Gasteiger partial charge on any atom is 0.0165 e. The van der Waals surface area contributed by atoms with Gasteiger partial charge in [-0.15, -0.1) is 0 Å². The molecule has 2 heteroatoms. The van der Waals surface area contributed by atoms with E-state index in [0.717, 1.165) is 12.3 Å². The molecule has 0 atom stereocenters. The van der Waals surface area contributed by atoms with Crippen molar-refractivity contribution in [3.05, 3.63) is 0 Å². The van der Waals surface area contributed by atoms with E-state index in [2.05, 4.69) is 4.90 Å². The predicted molar refractivity (Wildman–Crippen MR) is 33.5 cm³/mol. The van der Waals surface area contributed by atoms with Crippen LogP contribution in [0, 0.1) is 0 Å². The van der Waals surface area contributed by atoms with Crippen molar-refractivity contribution in [1.29, 1.82) is 0 Å². The number of hydrogen-bond acceptors (Lipinski definition) is 1. The minimum Gasteiger partial charge on any atom is -0.302 e. The first-order valence-corrected chi connectivity index (χ1v) is 3.31. The summed E-state index contributed by atoms with van der Waals surface area (Å²) in [7, 11) is 0. The van der Waals surface area contributed by atoms with Gasteiger partial charge in [0.1, 0.15) is 0 Å². The van der Waals surface area contributed by atoms with Crippen LogP contribution in [0.1, 0.15) is 6.42 Å². The molecule has 0 amide bonds. The van der Waals surface area contributed by atoms with E-state index in [-0.39, 0.29) is 0 Å². The zero-order valence-corrected chi connectivity index (χ0v) is 5.21. The van der Waals surface area contributed by atoms with Crippen LogP contribution in [0.25, 0.3) is 0 Å². The maximum absolute atomic E-state index is 4.79. The SMILES string of the molecule is [S]CCN1CCC1. The summed E-state index contributed by atoms with van der Waals surface area (Å²) in [5.41, 5.74) is 0. The van der Waals surface area contributed by atoms with Crippen LogP contribution in [0.2, 0.25) is 0 Å². The normalized spacial score (nSPS) is 21.9. The monoisotopic (exact) mass is 116 g/mol. The molecule has 7 heavy (non-hydrogen) atoms. The molecule has 0 bridgehead atoms. The third-order valence-corrected chi connectivity index (χ3v) is 1.54. The molecular weight excluding hydrogens is 106 g/mol. The van der Waals surface area contributed by atoms with Gasteiger partial charge in [-0.2, -0.15) is 0 Å². The molecule has 1 aliphatic rings. The Balaban J connectivity index is 1.93. The lowest BCUT2D eigenvalue weighted by Gasteiger charge is -2.29. The summed E-state index contributed by atoms with van der Waals surface area (Å²) in [5, 5.41) is 0. The number of likely N-dealkylation sites (tertiary alicyclic amines) is 1. The Morgan fingerprint density at radius 3 is 2.29 bits per heavy atom. The lowest BCUT2D eigenvalue weighted by atomic mass is 10.2. The van der Waals surface area contributed by atoms with Crippen LogP contribution in [0.4, 0.5) is 0 Å². The highest BCUT2D eigenvalue weighted by molar-refractivity contribution is 7.80. The van der Waals surface area contributed by atoms with E-state index in [1.165, 1.54) is 19.5 Å². The topological polar surface area (TPSA) is 3.24 Å². The Kier molecular flexibility index (Phi) is 2.00. The highest BCUT2D eigenvalue weighted by atomic mass is 32.1. The van der Waals surface area contributed by atoms with Crippen LogP contribution in [-0.4, -0.2) is 30.3 Å². The van der Waals surface area contributed by atoms with E-state index in [1.54, 1.807) is 0 Å². The number of rotatable bonds is 2. The van der Waals surface area contributed by atoms with Gasteiger partial charge in [-0.1, -0.05) is 12.6 Å². The van der Waals surface area contributed by atoms with E-state index in [4.69, 9.17) is 12.6 Å². The molecule has 0 N–H and O–H groups in total. The zero-order valence-electron chi connectivity index (χ0n) is 4.39.